The van der Waals surface area contributed by atoms with E-state index in [1.165, 1.54) is 26.4 Å². The summed E-state index contributed by atoms with van der Waals surface area (Å²) in [6, 6.07) is 0.526. The molecule has 0 amide bonds. The third-order valence-electron chi connectivity index (χ3n) is 4.03. The number of carbonyl (C=O) groups is 1. The first-order chi connectivity index (χ1) is 8.38. The Morgan fingerprint density at radius 1 is 1.39 bits per heavy atom. The molecule has 3 unspecified atom stereocenters. The van der Waals surface area contributed by atoms with E-state index in [2.05, 4.69) is 26.1 Å². The van der Waals surface area contributed by atoms with Crippen molar-refractivity contribution in [2.75, 3.05) is 19.9 Å². The molecule has 0 aromatic heterocycles. The third kappa shape index (κ3) is 4.47. The second kappa shape index (κ2) is 6.80. The van der Waals surface area contributed by atoms with Gasteiger partial charge < -0.3 is 10.1 Å². The highest BCUT2D eigenvalue weighted by Crippen LogP contribution is 2.41. The van der Waals surface area contributed by atoms with Gasteiger partial charge in [-0.2, -0.15) is 0 Å². The summed E-state index contributed by atoms with van der Waals surface area (Å²) in [5.41, 5.74) is 0.364. The zero-order valence-electron chi connectivity index (χ0n) is 12.3. The molecule has 18 heavy (non-hydrogen) atoms. The van der Waals surface area contributed by atoms with Gasteiger partial charge in [-0.1, -0.05) is 20.8 Å². The molecule has 0 radical (unpaired) electrons. The van der Waals surface area contributed by atoms with Gasteiger partial charge >= 0.3 is 5.97 Å². The highest BCUT2D eigenvalue weighted by molar-refractivity contribution is 8.00. The Bertz CT molecular complexity index is 275. The first-order valence-corrected chi connectivity index (χ1v) is 7.79. The fraction of sp³-hybridized carbons (Fsp3) is 0.929. The molecule has 0 spiro atoms. The number of nitrogens with one attached hydrogen (secondary N) is 1. The lowest BCUT2D eigenvalue weighted by Crippen LogP contribution is -2.43. The van der Waals surface area contributed by atoms with E-state index in [1.54, 1.807) is 11.8 Å². The van der Waals surface area contributed by atoms with Crippen molar-refractivity contribution >= 4 is 17.7 Å². The Morgan fingerprint density at radius 2 is 2.06 bits per heavy atom. The SMILES string of the molecule is CNC1CCC(C(C)(C)C)CC1SCC(=O)OC. The van der Waals surface area contributed by atoms with Crippen LogP contribution in [0.2, 0.25) is 0 Å². The quantitative estimate of drug-likeness (QED) is 0.799. The molecule has 1 aliphatic carbocycles. The molecule has 0 aliphatic heterocycles. The molecule has 1 aliphatic rings. The van der Waals surface area contributed by atoms with Gasteiger partial charge in [0.15, 0.2) is 0 Å². The highest BCUT2D eigenvalue weighted by Gasteiger charge is 2.35. The number of rotatable bonds is 4. The summed E-state index contributed by atoms with van der Waals surface area (Å²) in [5.74, 6) is 1.10. The molecular formula is C14H27NO2S. The number of methoxy groups -OCH3 is 1. The van der Waals surface area contributed by atoms with Crippen LogP contribution in [0.3, 0.4) is 0 Å². The summed E-state index contributed by atoms with van der Waals surface area (Å²) in [6.45, 7) is 6.96. The summed E-state index contributed by atoms with van der Waals surface area (Å²) in [4.78, 5) is 11.3. The fourth-order valence-electron chi connectivity index (χ4n) is 2.66. The molecule has 0 bridgehead atoms. The van der Waals surface area contributed by atoms with Crippen LogP contribution in [0.1, 0.15) is 40.0 Å². The number of carbonyl (C=O) groups excluding carboxylic acids is 1. The predicted molar refractivity (Wildman–Crippen MR) is 77.9 cm³/mol. The molecule has 1 fully saturated rings. The van der Waals surface area contributed by atoms with Crippen LogP contribution in [0, 0.1) is 11.3 Å². The largest absolute Gasteiger partial charge is 0.468 e. The van der Waals surface area contributed by atoms with Crippen molar-refractivity contribution < 1.29 is 9.53 Å². The van der Waals surface area contributed by atoms with Crippen LogP contribution in [0.15, 0.2) is 0 Å². The van der Waals surface area contributed by atoms with Crippen molar-refractivity contribution in [2.24, 2.45) is 11.3 Å². The van der Waals surface area contributed by atoms with Gasteiger partial charge in [0, 0.05) is 11.3 Å². The lowest BCUT2D eigenvalue weighted by atomic mass is 9.71. The van der Waals surface area contributed by atoms with Crippen LogP contribution in [0.25, 0.3) is 0 Å². The van der Waals surface area contributed by atoms with Crippen LogP contribution >= 0.6 is 11.8 Å². The molecule has 1 N–H and O–H groups in total. The van der Waals surface area contributed by atoms with E-state index in [4.69, 9.17) is 4.74 Å². The Kier molecular flexibility index (Phi) is 5.99. The van der Waals surface area contributed by atoms with Gasteiger partial charge in [-0.3, -0.25) is 4.79 Å². The van der Waals surface area contributed by atoms with E-state index >= 15 is 0 Å². The van der Waals surface area contributed by atoms with Gasteiger partial charge in [0.1, 0.15) is 0 Å². The monoisotopic (exact) mass is 273 g/mol. The summed E-state index contributed by atoms with van der Waals surface area (Å²) >= 11 is 1.75. The molecule has 1 saturated carbocycles. The molecule has 0 aromatic carbocycles. The van der Waals surface area contributed by atoms with Crippen molar-refractivity contribution in [2.45, 2.75) is 51.3 Å². The van der Waals surface area contributed by atoms with Gasteiger partial charge in [0.25, 0.3) is 0 Å². The van der Waals surface area contributed by atoms with Gasteiger partial charge in [0.05, 0.1) is 12.9 Å². The number of thioether (sulfide) groups is 1. The summed E-state index contributed by atoms with van der Waals surface area (Å²) in [6.07, 6.45) is 3.68. The first kappa shape index (κ1) is 15.8. The van der Waals surface area contributed by atoms with Gasteiger partial charge in [-0.15, -0.1) is 11.8 Å². The minimum atomic E-state index is -0.118. The van der Waals surface area contributed by atoms with Crippen molar-refractivity contribution in [3.05, 3.63) is 0 Å². The van der Waals surface area contributed by atoms with E-state index < -0.39 is 0 Å². The fourth-order valence-corrected chi connectivity index (χ4v) is 4.01. The van der Waals surface area contributed by atoms with Crippen LogP contribution < -0.4 is 5.32 Å². The minimum Gasteiger partial charge on any atom is -0.468 e. The maximum Gasteiger partial charge on any atom is 0.315 e. The maximum absolute atomic E-state index is 11.3. The number of hydrogen-bond donors (Lipinski definition) is 1. The van der Waals surface area contributed by atoms with Crippen LogP contribution in [-0.4, -0.2) is 37.2 Å². The Labute approximate surface area is 115 Å². The van der Waals surface area contributed by atoms with Crippen molar-refractivity contribution in [3.63, 3.8) is 0 Å². The highest BCUT2D eigenvalue weighted by atomic mass is 32.2. The second-order valence-electron chi connectivity index (χ2n) is 6.20. The number of ether oxygens (including phenoxy) is 1. The maximum atomic E-state index is 11.3. The molecular weight excluding hydrogens is 246 g/mol. The first-order valence-electron chi connectivity index (χ1n) is 6.74. The average molecular weight is 273 g/mol. The van der Waals surface area contributed by atoms with Crippen molar-refractivity contribution in [3.8, 4) is 0 Å². The molecule has 3 atom stereocenters. The van der Waals surface area contributed by atoms with Crippen LogP contribution in [-0.2, 0) is 9.53 Å². The molecule has 106 valence electrons. The molecule has 0 aromatic rings. The molecule has 0 heterocycles. The summed E-state index contributed by atoms with van der Waals surface area (Å²) in [7, 11) is 3.48. The van der Waals surface area contributed by atoms with Crippen LogP contribution in [0.5, 0.6) is 0 Å². The van der Waals surface area contributed by atoms with Gasteiger partial charge in [-0.05, 0) is 37.6 Å². The molecule has 1 rings (SSSR count). The molecule has 4 heteroatoms. The average Bonchev–Trinajstić information content (AvgIpc) is 2.34. The van der Waals surface area contributed by atoms with E-state index in [0.29, 0.717) is 22.5 Å². The summed E-state index contributed by atoms with van der Waals surface area (Å²) < 4.78 is 4.72. The summed E-state index contributed by atoms with van der Waals surface area (Å²) in [5, 5.41) is 3.92. The van der Waals surface area contributed by atoms with E-state index in [-0.39, 0.29) is 5.97 Å². The van der Waals surface area contributed by atoms with E-state index in [0.717, 1.165) is 5.92 Å². The Balaban J connectivity index is 2.56. The second-order valence-corrected chi connectivity index (χ2v) is 7.42. The van der Waals surface area contributed by atoms with Gasteiger partial charge in [-0.25, -0.2) is 0 Å². The standard InChI is InChI=1S/C14H27NO2S/c1-14(2,3)10-6-7-11(15-4)12(8-10)18-9-13(16)17-5/h10-12,15H,6-9H2,1-5H3. The smallest absolute Gasteiger partial charge is 0.315 e. The Hall–Kier alpha value is -0.220. The van der Waals surface area contributed by atoms with Crippen molar-refractivity contribution in [1.82, 2.24) is 5.32 Å². The Morgan fingerprint density at radius 3 is 2.56 bits per heavy atom. The van der Waals surface area contributed by atoms with Crippen LogP contribution in [0.4, 0.5) is 0 Å². The lowest BCUT2D eigenvalue weighted by Gasteiger charge is -2.41. The molecule has 0 saturated heterocycles. The van der Waals surface area contributed by atoms with Crippen molar-refractivity contribution in [1.29, 1.82) is 0 Å². The zero-order valence-corrected chi connectivity index (χ0v) is 13.1. The van der Waals surface area contributed by atoms with Gasteiger partial charge in [0.2, 0.25) is 0 Å². The topological polar surface area (TPSA) is 38.3 Å². The zero-order chi connectivity index (χ0) is 13.8. The normalized spacial score (nSPS) is 29.1. The van der Waals surface area contributed by atoms with E-state index in [9.17, 15) is 4.79 Å². The number of esters is 1. The lowest BCUT2D eigenvalue weighted by molar-refractivity contribution is -0.137. The van der Waals surface area contributed by atoms with E-state index in [1.807, 2.05) is 7.05 Å². The minimum absolute atomic E-state index is 0.118. The third-order valence-corrected chi connectivity index (χ3v) is 5.38. The predicted octanol–water partition coefficient (Wildman–Crippen LogP) is 2.70. The molecule has 3 nitrogen and oxygen atoms in total. The number of hydrogen-bond acceptors (Lipinski definition) is 4.